The smallest absolute Gasteiger partial charge is 0.146 e. The highest BCUT2D eigenvalue weighted by molar-refractivity contribution is 9.10. The van der Waals surface area contributed by atoms with Crippen LogP contribution in [0.25, 0.3) is 0 Å². The first-order valence-corrected chi connectivity index (χ1v) is 7.66. The highest BCUT2D eigenvalue weighted by Crippen LogP contribution is 2.26. The molecule has 3 rings (SSSR count). The molecule has 1 saturated heterocycles. The van der Waals surface area contributed by atoms with Crippen LogP contribution in [0.2, 0.25) is 0 Å². The Morgan fingerprint density at radius 3 is 2.62 bits per heavy atom. The molecule has 0 spiro atoms. The quantitative estimate of drug-likeness (QED) is 0.852. The zero-order valence-electron chi connectivity index (χ0n) is 11.9. The molecular formula is C15H17BrN4O. The van der Waals surface area contributed by atoms with E-state index in [9.17, 15) is 0 Å². The molecule has 110 valence electrons. The van der Waals surface area contributed by atoms with Gasteiger partial charge in [-0.25, -0.2) is 9.97 Å². The van der Waals surface area contributed by atoms with Gasteiger partial charge in [0, 0.05) is 44.1 Å². The van der Waals surface area contributed by atoms with Crippen LogP contribution in [0.4, 0.5) is 11.5 Å². The standard InChI is InChI=1S/C15H17BrN4O/c1-21-13-4-2-3-12(9-13)19-5-7-20(8-6-19)15-14(16)10-17-11-18-15/h2-4,9-11H,5-8H2,1H3. The first-order chi connectivity index (χ1) is 10.3. The van der Waals surface area contributed by atoms with E-state index in [0.29, 0.717) is 0 Å². The highest BCUT2D eigenvalue weighted by Gasteiger charge is 2.20. The van der Waals surface area contributed by atoms with Crippen molar-refractivity contribution in [1.29, 1.82) is 0 Å². The molecule has 0 N–H and O–H groups in total. The normalized spacial score (nSPS) is 15.1. The number of halogens is 1. The van der Waals surface area contributed by atoms with E-state index in [-0.39, 0.29) is 0 Å². The van der Waals surface area contributed by atoms with Crippen LogP contribution in [0.3, 0.4) is 0 Å². The molecule has 0 atom stereocenters. The van der Waals surface area contributed by atoms with Crippen LogP contribution in [-0.2, 0) is 0 Å². The van der Waals surface area contributed by atoms with Crippen molar-refractivity contribution in [2.45, 2.75) is 0 Å². The fourth-order valence-electron chi connectivity index (χ4n) is 2.52. The average Bonchev–Trinajstić information content (AvgIpc) is 2.56. The fourth-order valence-corrected chi connectivity index (χ4v) is 2.99. The molecule has 2 heterocycles. The summed E-state index contributed by atoms with van der Waals surface area (Å²) in [5.41, 5.74) is 1.20. The number of nitrogens with zero attached hydrogens (tertiary/aromatic N) is 4. The molecule has 2 aromatic rings. The lowest BCUT2D eigenvalue weighted by Crippen LogP contribution is -2.47. The number of benzene rings is 1. The first kappa shape index (κ1) is 14.1. The van der Waals surface area contributed by atoms with Crippen molar-refractivity contribution < 1.29 is 4.74 Å². The second kappa shape index (κ2) is 6.30. The topological polar surface area (TPSA) is 41.5 Å². The van der Waals surface area contributed by atoms with Crippen molar-refractivity contribution in [1.82, 2.24) is 9.97 Å². The molecule has 1 aromatic carbocycles. The Morgan fingerprint density at radius 1 is 1.14 bits per heavy atom. The number of methoxy groups -OCH3 is 1. The summed E-state index contributed by atoms with van der Waals surface area (Å²) in [6.07, 6.45) is 3.38. The molecule has 21 heavy (non-hydrogen) atoms. The summed E-state index contributed by atoms with van der Waals surface area (Å²) in [6.45, 7) is 3.80. The Labute approximate surface area is 132 Å². The second-order valence-electron chi connectivity index (χ2n) is 4.87. The lowest BCUT2D eigenvalue weighted by Gasteiger charge is -2.37. The minimum absolute atomic E-state index is 0.897. The molecule has 0 amide bonds. The van der Waals surface area contributed by atoms with Gasteiger partial charge in [-0.05, 0) is 28.1 Å². The molecule has 1 aliphatic rings. The summed E-state index contributed by atoms with van der Waals surface area (Å²) in [7, 11) is 1.70. The molecule has 1 aliphatic heterocycles. The van der Waals surface area contributed by atoms with Crippen LogP contribution in [0.5, 0.6) is 5.75 Å². The average molecular weight is 349 g/mol. The molecule has 1 aromatic heterocycles. The Morgan fingerprint density at radius 2 is 1.90 bits per heavy atom. The van der Waals surface area contributed by atoms with Gasteiger partial charge in [0.1, 0.15) is 17.9 Å². The Balaban J connectivity index is 1.69. The summed E-state index contributed by atoms with van der Waals surface area (Å²) in [4.78, 5) is 13.0. The predicted molar refractivity (Wildman–Crippen MR) is 87.2 cm³/mol. The van der Waals surface area contributed by atoms with Crippen molar-refractivity contribution in [2.75, 3.05) is 43.1 Å². The Bertz CT molecular complexity index is 614. The lowest BCUT2D eigenvalue weighted by atomic mass is 10.2. The SMILES string of the molecule is COc1cccc(N2CCN(c3ncncc3Br)CC2)c1. The van der Waals surface area contributed by atoms with Crippen LogP contribution in [-0.4, -0.2) is 43.3 Å². The third-order valence-electron chi connectivity index (χ3n) is 3.65. The maximum absolute atomic E-state index is 5.29. The van der Waals surface area contributed by atoms with Gasteiger partial charge >= 0.3 is 0 Å². The maximum atomic E-state index is 5.29. The summed E-state index contributed by atoms with van der Waals surface area (Å²) in [6, 6.07) is 8.20. The van der Waals surface area contributed by atoms with Gasteiger partial charge in [0.2, 0.25) is 0 Å². The van der Waals surface area contributed by atoms with Crippen LogP contribution < -0.4 is 14.5 Å². The monoisotopic (exact) mass is 348 g/mol. The van der Waals surface area contributed by atoms with E-state index in [0.717, 1.165) is 42.2 Å². The minimum Gasteiger partial charge on any atom is -0.497 e. The van der Waals surface area contributed by atoms with E-state index < -0.39 is 0 Å². The van der Waals surface area contributed by atoms with Gasteiger partial charge in [0.05, 0.1) is 11.6 Å². The van der Waals surface area contributed by atoms with Crippen LogP contribution >= 0.6 is 15.9 Å². The van der Waals surface area contributed by atoms with E-state index in [1.165, 1.54) is 5.69 Å². The summed E-state index contributed by atoms with van der Waals surface area (Å²) >= 11 is 3.51. The summed E-state index contributed by atoms with van der Waals surface area (Å²) in [5.74, 6) is 1.86. The number of hydrogen-bond donors (Lipinski definition) is 0. The van der Waals surface area contributed by atoms with Crippen molar-refractivity contribution >= 4 is 27.4 Å². The summed E-state index contributed by atoms with van der Waals surface area (Å²) in [5, 5.41) is 0. The number of piperazine rings is 1. The van der Waals surface area contributed by atoms with Gasteiger partial charge in [-0.2, -0.15) is 0 Å². The van der Waals surface area contributed by atoms with Crippen molar-refractivity contribution in [2.24, 2.45) is 0 Å². The Hall–Kier alpha value is -1.82. The van der Waals surface area contributed by atoms with E-state index in [1.54, 1.807) is 19.6 Å². The second-order valence-corrected chi connectivity index (χ2v) is 5.72. The van der Waals surface area contributed by atoms with E-state index in [1.807, 2.05) is 12.1 Å². The van der Waals surface area contributed by atoms with E-state index in [4.69, 9.17) is 4.74 Å². The zero-order valence-corrected chi connectivity index (χ0v) is 13.5. The van der Waals surface area contributed by atoms with Gasteiger partial charge in [0.25, 0.3) is 0 Å². The Kier molecular flexibility index (Phi) is 4.24. The highest BCUT2D eigenvalue weighted by atomic mass is 79.9. The first-order valence-electron chi connectivity index (χ1n) is 6.87. The van der Waals surface area contributed by atoms with E-state index in [2.05, 4.69) is 47.8 Å². The van der Waals surface area contributed by atoms with Gasteiger partial charge in [0.15, 0.2) is 0 Å². The van der Waals surface area contributed by atoms with Crippen molar-refractivity contribution in [3.8, 4) is 5.75 Å². The molecule has 0 bridgehead atoms. The molecular weight excluding hydrogens is 332 g/mol. The predicted octanol–water partition coefficient (Wildman–Crippen LogP) is 2.57. The fraction of sp³-hybridized carbons (Fsp3) is 0.333. The van der Waals surface area contributed by atoms with Crippen LogP contribution in [0.15, 0.2) is 41.3 Å². The van der Waals surface area contributed by atoms with Crippen LogP contribution in [0.1, 0.15) is 0 Å². The zero-order chi connectivity index (χ0) is 14.7. The lowest BCUT2D eigenvalue weighted by molar-refractivity contribution is 0.414. The van der Waals surface area contributed by atoms with Gasteiger partial charge in [-0.3, -0.25) is 0 Å². The number of ether oxygens (including phenoxy) is 1. The molecule has 5 nitrogen and oxygen atoms in total. The van der Waals surface area contributed by atoms with Crippen molar-refractivity contribution in [3.05, 3.63) is 41.3 Å². The molecule has 6 heteroatoms. The number of aromatic nitrogens is 2. The van der Waals surface area contributed by atoms with Crippen LogP contribution in [0, 0.1) is 0 Å². The summed E-state index contributed by atoms with van der Waals surface area (Å²) < 4.78 is 6.24. The number of anilines is 2. The minimum atomic E-state index is 0.897. The molecule has 0 saturated carbocycles. The molecule has 1 fully saturated rings. The van der Waals surface area contributed by atoms with Crippen molar-refractivity contribution in [3.63, 3.8) is 0 Å². The number of rotatable bonds is 3. The van der Waals surface area contributed by atoms with Gasteiger partial charge in [-0.1, -0.05) is 6.07 Å². The third kappa shape index (κ3) is 3.10. The number of hydrogen-bond acceptors (Lipinski definition) is 5. The largest absolute Gasteiger partial charge is 0.497 e. The van der Waals surface area contributed by atoms with Gasteiger partial charge < -0.3 is 14.5 Å². The molecule has 0 unspecified atom stereocenters. The third-order valence-corrected chi connectivity index (χ3v) is 4.21. The maximum Gasteiger partial charge on any atom is 0.146 e. The molecule has 0 radical (unpaired) electrons. The van der Waals surface area contributed by atoms with E-state index >= 15 is 0 Å². The molecule has 0 aliphatic carbocycles. The van der Waals surface area contributed by atoms with Gasteiger partial charge in [-0.15, -0.1) is 0 Å².